The quantitative estimate of drug-likeness (QED) is 0.845. The van der Waals surface area contributed by atoms with Crippen molar-refractivity contribution in [1.82, 2.24) is 9.97 Å². The molecule has 1 heterocycles. The summed E-state index contributed by atoms with van der Waals surface area (Å²) in [6.45, 7) is 6.38. The summed E-state index contributed by atoms with van der Waals surface area (Å²) in [6.07, 6.45) is 2.44. The van der Waals surface area contributed by atoms with E-state index in [-0.39, 0.29) is 0 Å². The normalized spacial score (nSPS) is 14.3. The van der Waals surface area contributed by atoms with Crippen molar-refractivity contribution < 1.29 is 0 Å². The van der Waals surface area contributed by atoms with Gasteiger partial charge < -0.3 is 5.32 Å². The molecule has 0 atom stereocenters. The Labute approximate surface area is 130 Å². The molecule has 4 heteroatoms. The van der Waals surface area contributed by atoms with Gasteiger partial charge in [0.25, 0.3) is 0 Å². The Kier molecular flexibility index (Phi) is 3.89. The van der Waals surface area contributed by atoms with Crippen LogP contribution in [0.1, 0.15) is 41.3 Å². The summed E-state index contributed by atoms with van der Waals surface area (Å²) in [5.41, 5.74) is 3.73. The Bertz CT molecular complexity index is 678. The number of rotatable bonds is 4. The lowest BCUT2D eigenvalue weighted by atomic mass is 10.2. The number of anilines is 1. The maximum Gasteiger partial charge on any atom is 0.135 e. The molecule has 1 aliphatic carbocycles. The first-order valence-corrected chi connectivity index (χ1v) is 8.21. The number of nitrogens with zero attached hydrogens (tertiary/aromatic N) is 2. The molecule has 21 heavy (non-hydrogen) atoms. The monoisotopic (exact) mass is 299 g/mol. The van der Waals surface area contributed by atoms with E-state index in [9.17, 15) is 0 Å². The molecular formula is C17H21N3S. The van der Waals surface area contributed by atoms with E-state index < -0.39 is 0 Å². The van der Waals surface area contributed by atoms with Crippen LogP contribution in [0.25, 0.3) is 0 Å². The van der Waals surface area contributed by atoms with Crippen molar-refractivity contribution in [3.05, 3.63) is 40.7 Å². The van der Waals surface area contributed by atoms with Crippen molar-refractivity contribution in [3.8, 4) is 0 Å². The lowest BCUT2D eigenvalue weighted by molar-refractivity contribution is 0.864. The van der Waals surface area contributed by atoms with Crippen LogP contribution in [0, 0.1) is 20.8 Å². The van der Waals surface area contributed by atoms with E-state index in [0.29, 0.717) is 5.92 Å². The summed E-state index contributed by atoms with van der Waals surface area (Å²) in [5.74, 6) is 2.52. The van der Waals surface area contributed by atoms with Gasteiger partial charge in [-0.15, -0.1) is 0 Å². The van der Waals surface area contributed by atoms with Crippen LogP contribution in [0.5, 0.6) is 0 Å². The van der Waals surface area contributed by atoms with Gasteiger partial charge in [-0.05, 0) is 45.2 Å². The van der Waals surface area contributed by atoms with Gasteiger partial charge in [-0.2, -0.15) is 0 Å². The summed E-state index contributed by atoms with van der Waals surface area (Å²) in [5, 5.41) is 4.28. The highest BCUT2D eigenvalue weighted by atomic mass is 32.2. The largest absolute Gasteiger partial charge is 0.373 e. The van der Waals surface area contributed by atoms with Crippen LogP contribution in [0.3, 0.4) is 0 Å². The highest BCUT2D eigenvalue weighted by Gasteiger charge is 2.28. The number of nitrogens with one attached hydrogen (secondary N) is 1. The molecule has 1 aromatic heterocycles. The molecule has 0 saturated heterocycles. The number of hydrogen-bond acceptors (Lipinski definition) is 4. The van der Waals surface area contributed by atoms with Crippen molar-refractivity contribution in [2.45, 2.75) is 49.5 Å². The predicted octanol–water partition coefficient (Wildman–Crippen LogP) is 4.47. The summed E-state index contributed by atoms with van der Waals surface area (Å²) >= 11 is 1.75. The van der Waals surface area contributed by atoms with Gasteiger partial charge in [0, 0.05) is 23.4 Å². The summed E-state index contributed by atoms with van der Waals surface area (Å²) in [7, 11) is 1.93. The zero-order chi connectivity index (χ0) is 15.0. The second-order valence-corrected chi connectivity index (χ2v) is 6.79. The number of hydrogen-bond donors (Lipinski definition) is 1. The smallest absolute Gasteiger partial charge is 0.135 e. The number of benzene rings is 1. The third-order valence-corrected chi connectivity index (χ3v) is 5.10. The Hall–Kier alpha value is -1.55. The maximum atomic E-state index is 4.81. The second-order valence-electron chi connectivity index (χ2n) is 5.76. The lowest BCUT2D eigenvalue weighted by Gasteiger charge is -2.13. The molecule has 3 rings (SSSR count). The summed E-state index contributed by atoms with van der Waals surface area (Å²) in [4.78, 5) is 10.7. The van der Waals surface area contributed by atoms with Gasteiger partial charge in [-0.25, -0.2) is 9.97 Å². The zero-order valence-electron chi connectivity index (χ0n) is 13.0. The van der Waals surface area contributed by atoms with Gasteiger partial charge in [0.15, 0.2) is 0 Å². The molecule has 1 saturated carbocycles. The minimum Gasteiger partial charge on any atom is -0.373 e. The highest BCUT2D eigenvalue weighted by molar-refractivity contribution is 7.99. The average molecular weight is 299 g/mol. The fraction of sp³-hybridized carbons (Fsp3) is 0.412. The first-order chi connectivity index (χ1) is 10.1. The van der Waals surface area contributed by atoms with Crippen molar-refractivity contribution in [3.63, 3.8) is 0 Å². The van der Waals surface area contributed by atoms with Gasteiger partial charge in [0.05, 0.1) is 0 Å². The predicted molar refractivity (Wildman–Crippen MR) is 88.3 cm³/mol. The topological polar surface area (TPSA) is 37.8 Å². The minimum absolute atomic E-state index is 0.566. The van der Waals surface area contributed by atoms with Crippen LogP contribution in [0.4, 0.5) is 5.82 Å². The van der Waals surface area contributed by atoms with Gasteiger partial charge in [0.1, 0.15) is 16.7 Å². The van der Waals surface area contributed by atoms with E-state index in [4.69, 9.17) is 4.98 Å². The fourth-order valence-corrected chi connectivity index (χ4v) is 3.35. The van der Waals surface area contributed by atoms with Gasteiger partial charge in [0.2, 0.25) is 0 Å². The molecule has 1 aromatic carbocycles. The van der Waals surface area contributed by atoms with Crippen molar-refractivity contribution in [2.75, 3.05) is 12.4 Å². The first kappa shape index (κ1) is 14.4. The Morgan fingerprint density at radius 2 is 1.90 bits per heavy atom. The van der Waals surface area contributed by atoms with E-state index in [1.807, 2.05) is 7.05 Å². The molecule has 1 aliphatic rings. The second kappa shape index (κ2) is 5.68. The number of aromatic nitrogens is 2. The summed E-state index contributed by atoms with van der Waals surface area (Å²) in [6, 6.07) is 6.57. The average Bonchev–Trinajstić information content (AvgIpc) is 3.28. The standard InChI is InChI=1S/C17H21N3S/c1-10-5-8-14(11(2)9-10)21-17-12(3)15(18-4)19-16(20-17)13-6-7-13/h5,8-9,13H,6-7H2,1-4H3,(H,18,19,20). The molecule has 0 radical (unpaired) electrons. The Morgan fingerprint density at radius 3 is 2.52 bits per heavy atom. The van der Waals surface area contributed by atoms with Crippen LogP contribution >= 0.6 is 11.8 Å². The molecule has 3 nitrogen and oxygen atoms in total. The van der Waals surface area contributed by atoms with Crippen LogP contribution in [-0.4, -0.2) is 17.0 Å². The third-order valence-electron chi connectivity index (χ3n) is 3.83. The lowest BCUT2D eigenvalue weighted by Crippen LogP contribution is -2.04. The molecule has 0 bridgehead atoms. The van der Waals surface area contributed by atoms with Crippen LogP contribution in [-0.2, 0) is 0 Å². The Morgan fingerprint density at radius 1 is 1.14 bits per heavy atom. The molecule has 110 valence electrons. The molecule has 0 amide bonds. The van der Waals surface area contributed by atoms with Gasteiger partial charge in [-0.3, -0.25) is 0 Å². The highest BCUT2D eigenvalue weighted by Crippen LogP contribution is 2.41. The molecule has 0 spiro atoms. The molecule has 2 aromatic rings. The van der Waals surface area contributed by atoms with E-state index in [1.165, 1.54) is 28.9 Å². The summed E-state index contributed by atoms with van der Waals surface area (Å²) < 4.78 is 0. The van der Waals surface area contributed by atoms with Gasteiger partial charge in [-0.1, -0.05) is 29.5 Å². The third kappa shape index (κ3) is 3.05. The SMILES string of the molecule is CNc1nc(C2CC2)nc(Sc2ccc(C)cc2C)c1C. The number of aryl methyl sites for hydroxylation is 2. The minimum atomic E-state index is 0.566. The Balaban J connectivity index is 1.98. The molecule has 1 N–H and O–H groups in total. The van der Waals surface area contributed by atoms with E-state index in [0.717, 1.165) is 22.2 Å². The first-order valence-electron chi connectivity index (χ1n) is 7.40. The van der Waals surface area contributed by atoms with Crippen molar-refractivity contribution in [2.24, 2.45) is 0 Å². The van der Waals surface area contributed by atoms with Crippen LogP contribution in [0.2, 0.25) is 0 Å². The van der Waals surface area contributed by atoms with Crippen LogP contribution in [0.15, 0.2) is 28.1 Å². The molecule has 0 unspecified atom stereocenters. The maximum absolute atomic E-state index is 4.81. The van der Waals surface area contributed by atoms with Crippen molar-refractivity contribution in [1.29, 1.82) is 0 Å². The van der Waals surface area contributed by atoms with E-state index >= 15 is 0 Å². The molecule has 0 aliphatic heterocycles. The molecule has 1 fully saturated rings. The van der Waals surface area contributed by atoms with E-state index in [2.05, 4.69) is 49.3 Å². The zero-order valence-corrected chi connectivity index (χ0v) is 13.8. The van der Waals surface area contributed by atoms with Crippen LogP contribution < -0.4 is 5.32 Å². The fourth-order valence-electron chi connectivity index (χ4n) is 2.40. The van der Waals surface area contributed by atoms with Gasteiger partial charge >= 0.3 is 0 Å². The van der Waals surface area contributed by atoms with Crippen molar-refractivity contribution >= 4 is 17.6 Å². The van der Waals surface area contributed by atoms with E-state index in [1.54, 1.807) is 11.8 Å². The molecular weight excluding hydrogens is 278 g/mol.